The van der Waals surface area contributed by atoms with E-state index in [1.54, 1.807) is 23.9 Å². The summed E-state index contributed by atoms with van der Waals surface area (Å²) in [5.41, 5.74) is 1.93. The van der Waals surface area contributed by atoms with Crippen LogP contribution >= 0.6 is 11.8 Å². The van der Waals surface area contributed by atoms with E-state index in [0.29, 0.717) is 6.54 Å². The Morgan fingerprint density at radius 3 is 2.76 bits per heavy atom. The van der Waals surface area contributed by atoms with Crippen molar-refractivity contribution in [3.8, 4) is 0 Å². The molecule has 1 aliphatic heterocycles. The average molecular weight is 410 g/mol. The molecule has 3 aromatic rings. The molecule has 0 saturated carbocycles. The molecular weight excluding hydrogens is 388 g/mol. The van der Waals surface area contributed by atoms with Crippen LogP contribution in [0, 0.1) is 10.1 Å². The number of ether oxygens (including phenoxy) is 1. The molecule has 0 spiro atoms. The molecule has 1 aromatic heterocycles. The van der Waals surface area contributed by atoms with Crippen LogP contribution in [-0.2, 0) is 11.3 Å². The number of rotatable bonds is 6. The number of hydrogen-bond acceptors (Lipinski definition) is 7. The zero-order chi connectivity index (χ0) is 20.2. The van der Waals surface area contributed by atoms with Crippen molar-refractivity contribution in [2.75, 3.05) is 26.3 Å². The summed E-state index contributed by atoms with van der Waals surface area (Å²) in [7, 11) is 0. The highest BCUT2D eigenvalue weighted by Crippen LogP contribution is 2.38. The number of thioether (sulfide) groups is 1. The average Bonchev–Trinajstić information content (AvgIpc) is 2.74. The van der Waals surface area contributed by atoms with Crippen molar-refractivity contribution >= 4 is 28.4 Å². The van der Waals surface area contributed by atoms with Gasteiger partial charge in [-0.2, -0.15) is 0 Å². The predicted molar refractivity (Wildman–Crippen MR) is 113 cm³/mol. The van der Waals surface area contributed by atoms with Gasteiger partial charge in [-0.25, -0.2) is 9.97 Å². The second kappa shape index (κ2) is 8.86. The summed E-state index contributed by atoms with van der Waals surface area (Å²) in [4.78, 5) is 22.6. The summed E-state index contributed by atoms with van der Waals surface area (Å²) in [5.74, 6) is 0.791. The van der Waals surface area contributed by atoms with E-state index in [1.165, 1.54) is 6.07 Å². The van der Waals surface area contributed by atoms with Crippen molar-refractivity contribution in [1.82, 2.24) is 14.9 Å². The highest BCUT2D eigenvalue weighted by molar-refractivity contribution is 7.99. The highest BCUT2D eigenvalue weighted by Gasteiger charge is 2.18. The van der Waals surface area contributed by atoms with Gasteiger partial charge in [-0.1, -0.05) is 42.1 Å². The maximum atomic E-state index is 11.1. The number of hydrogen-bond donors (Lipinski definition) is 0. The number of fused-ring (bicyclic) bond motifs is 1. The standard InChI is InChI=1S/C21H22N4O3S/c1-15(16-5-4-6-17(13-16)25(26)27)29-21-18-7-2-3-8-19(18)22-20(23-21)14-24-9-11-28-12-10-24/h2-8,13,15H,9-12,14H2,1H3. The molecule has 0 aliphatic carbocycles. The fraction of sp³-hybridized carbons (Fsp3) is 0.333. The SMILES string of the molecule is CC(Sc1nc(CN2CCOCC2)nc2ccccc12)c1cccc([N+](=O)[O-])c1. The highest BCUT2D eigenvalue weighted by atomic mass is 32.2. The van der Waals surface area contributed by atoms with Gasteiger partial charge in [-0.15, -0.1) is 0 Å². The van der Waals surface area contributed by atoms with Crippen LogP contribution in [0.1, 0.15) is 23.6 Å². The minimum Gasteiger partial charge on any atom is -0.379 e. The Labute approximate surface area is 173 Å². The summed E-state index contributed by atoms with van der Waals surface area (Å²) in [5, 5.41) is 13.0. The summed E-state index contributed by atoms with van der Waals surface area (Å²) < 4.78 is 5.42. The molecule has 0 radical (unpaired) electrons. The van der Waals surface area contributed by atoms with Gasteiger partial charge in [0.2, 0.25) is 0 Å². The number of benzene rings is 2. The third-order valence-electron chi connectivity index (χ3n) is 4.92. The fourth-order valence-electron chi connectivity index (χ4n) is 3.34. The third kappa shape index (κ3) is 4.72. The Morgan fingerprint density at radius 1 is 1.17 bits per heavy atom. The van der Waals surface area contributed by atoms with E-state index in [4.69, 9.17) is 14.7 Å². The maximum Gasteiger partial charge on any atom is 0.269 e. The summed E-state index contributed by atoms with van der Waals surface area (Å²) in [6, 6.07) is 14.8. The second-order valence-electron chi connectivity index (χ2n) is 6.96. The molecule has 4 rings (SSSR count). The molecular formula is C21H22N4O3S. The van der Waals surface area contributed by atoms with Crippen molar-refractivity contribution in [2.45, 2.75) is 23.7 Å². The Hall–Kier alpha value is -2.55. The first-order valence-electron chi connectivity index (χ1n) is 9.57. The van der Waals surface area contributed by atoms with E-state index in [-0.39, 0.29) is 15.9 Å². The second-order valence-corrected chi connectivity index (χ2v) is 8.29. The van der Waals surface area contributed by atoms with Crippen LogP contribution in [0.2, 0.25) is 0 Å². The van der Waals surface area contributed by atoms with Gasteiger partial charge in [-0.3, -0.25) is 15.0 Å². The van der Waals surface area contributed by atoms with E-state index in [0.717, 1.165) is 53.6 Å². The van der Waals surface area contributed by atoms with Crippen LogP contribution in [0.4, 0.5) is 5.69 Å². The van der Waals surface area contributed by atoms with Gasteiger partial charge in [0, 0.05) is 35.9 Å². The van der Waals surface area contributed by atoms with E-state index < -0.39 is 0 Å². The number of non-ortho nitro benzene ring substituents is 1. The van der Waals surface area contributed by atoms with Crippen molar-refractivity contribution < 1.29 is 9.66 Å². The molecule has 2 heterocycles. The largest absolute Gasteiger partial charge is 0.379 e. The molecule has 7 nitrogen and oxygen atoms in total. The molecule has 1 fully saturated rings. The summed E-state index contributed by atoms with van der Waals surface area (Å²) >= 11 is 1.61. The van der Waals surface area contributed by atoms with E-state index in [2.05, 4.69) is 4.90 Å². The number of aromatic nitrogens is 2. The lowest BCUT2D eigenvalue weighted by Gasteiger charge is -2.26. The third-order valence-corrected chi connectivity index (χ3v) is 6.08. The lowest BCUT2D eigenvalue weighted by molar-refractivity contribution is -0.384. The van der Waals surface area contributed by atoms with Gasteiger partial charge in [0.05, 0.1) is 30.2 Å². The number of nitro benzene ring substituents is 1. The van der Waals surface area contributed by atoms with E-state index >= 15 is 0 Å². The molecule has 150 valence electrons. The zero-order valence-corrected chi connectivity index (χ0v) is 17.0. The molecule has 1 saturated heterocycles. The van der Waals surface area contributed by atoms with Gasteiger partial charge in [0.15, 0.2) is 0 Å². The monoisotopic (exact) mass is 410 g/mol. The lowest BCUT2D eigenvalue weighted by atomic mass is 10.1. The molecule has 1 aliphatic rings. The minimum atomic E-state index is -0.360. The molecule has 0 amide bonds. The molecule has 2 aromatic carbocycles. The van der Waals surface area contributed by atoms with Gasteiger partial charge in [0.25, 0.3) is 5.69 Å². The quantitative estimate of drug-likeness (QED) is 0.260. The van der Waals surface area contributed by atoms with Crippen molar-refractivity contribution in [3.63, 3.8) is 0 Å². The minimum absolute atomic E-state index is 0.0180. The first-order valence-corrected chi connectivity index (χ1v) is 10.4. The fourth-order valence-corrected chi connectivity index (χ4v) is 4.42. The number of morpholine rings is 1. The van der Waals surface area contributed by atoms with Gasteiger partial charge in [-0.05, 0) is 18.6 Å². The van der Waals surface area contributed by atoms with Crippen LogP contribution in [0.3, 0.4) is 0 Å². The van der Waals surface area contributed by atoms with Crippen molar-refractivity contribution in [3.05, 3.63) is 70.0 Å². The Bertz CT molecular complexity index is 1020. The Balaban J connectivity index is 1.63. The number of nitrogens with zero attached hydrogens (tertiary/aromatic N) is 4. The molecule has 1 atom stereocenters. The summed E-state index contributed by atoms with van der Waals surface area (Å²) in [6.07, 6.45) is 0. The van der Waals surface area contributed by atoms with Crippen LogP contribution in [-0.4, -0.2) is 46.1 Å². The number of para-hydroxylation sites is 1. The number of nitro groups is 1. The van der Waals surface area contributed by atoms with E-state index in [1.807, 2.05) is 37.3 Å². The van der Waals surface area contributed by atoms with Crippen LogP contribution in [0.5, 0.6) is 0 Å². The van der Waals surface area contributed by atoms with Gasteiger partial charge < -0.3 is 4.74 Å². The van der Waals surface area contributed by atoms with Crippen LogP contribution < -0.4 is 0 Å². The zero-order valence-electron chi connectivity index (χ0n) is 16.2. The van der Waals surface area contributed by atoms with Gasteiger partial charge >= 0.3 is 0 Å². The first-order chi connectivity index (χ1) is 14.1. The smallest absolute Gasteiger partial charge is 0.269 e. The van der Waals surface area contributed by atoms with E-state index in [9.17, 15) is 10.1 Å². The normalized spacial score (nSPS) is 16.0. The van der Waals surface area contributed by atoms with Crippen molar-refractivity contribution in [2.24, 2.45) is 0 Å². The predicted octanol–water partition coefficient (Wildman–Crippen LogP) is 4.22. The maximum absolute atomic E-state index is 11.1. The molecule has 0 bridgehead atoms. The first kappa shape index (κ1) is 19.8. The molecule has 8 heteroatoms. The van der Waals surface area contributed by atoms with Crippen molar-refractivity contribution in [1.29, 1.82) is 0 Å². The summed E-state index contributed by atoms with van der Waals surface area (Å²) in [6.45, 7) is 5.96. The van der Waals surface area contributed by atoms with Crippen LogP contribution in [0.25, 0.3) is 10.9 Å². The van der Waals surface area contributed by atoms with Crippen LogP contribution in [0.15, 0.2) is 53.6 Å². The lowest BCUT2D eigenvalue weighted by Crippen LogP contribution is -2.36. The topological polar surface area (TPSA) is 81.4 Å². The Kier molecular flexibility index (Phi) is 6.03. The molecule has 1 unspecified atom stereocenters. The van der Waals surface area contributed by atoms with Gasteiger partial charge in [0.1, 0.15) is 10.9 Å². The molecule has 29 heavy (non-hydrogen) atoms. The molecule has 0 N–H and O–H groups in total. The Morgan fingerprint density at radius 2 is 1.97 bits per heavy atom.